The Morgan fingerprint density at radius 3 is 2.41 bits per heavy atom. The van der Waals surface area contributed by atoms with Gasteiger partial charge in [0.15, 0.2) is 0 Å². The second-order valence-electron chi connectivity index (χ2n) is 6.77. The minimum atomic E-state index is -3.52. The number of carbonyl (C=O) groups is 1. The highest BCUT2D eigenvalue weighted by molar-refractivity contribution is 7.91. The quantitative estimate of drug-likeness (QED) is 0.564. The number of nitrogens with zero attached hydrogens (tertiary/aromatic N) is 2. The van der Waals surface area contributed by atoms with E-state index in [1.54, 1.807) is 12.4 Å². The molecule has 4 rings (SSSR count). The number of imidazole rings is 1. The normalized spacial score (nSPS) is 20.6. The minimum absolute atomic E-state index is 0.0483. The number of aryl methyl sites for hydroxylation is 1. The number of aromatic nitrogens is 2. The predicted octanol–water partition coefficient (Wildman–Crippen LogP) is 3.45. The molecule has 1 saturated carbocycles. The molecule has 0 aliphatic heterocycles. The van der Waals surface area contributed by atoms with Gasteiger partial charge in [-0.2, -0.15) is 0 Å². The molecule has 1 fully saturated rings. The zero-order valence-electron chi connectivity index (χ0n) is 15.8. The first-order chi connectivity index (χ1) is 13.7. The van der Waals surface area contributed by atoms with Gasteiger partial charge in [0.2, 0.25) is 10.0 Å². The molecule has 0 radical (unpaired) electrons. The van der Waals surface area contributed by atoms with E-state index in [9.17, 15) is 8.42 Å². The van der Waals surface area contributed by atoms with Crippen LogP contribution in [0.15, 0.2) is 59.2 Å². The van der Waals surface area contributed by atoms with E-state index in [4.69, 9.17) is 15.0 Å². The summed E-state index contributed by atoms with van der Waals surface area (Å²) in [5.41, 5.74) is 1.97. The van der Waals surface area contributed by atoms with Crippen molar-refractivity contribution in [2.75, 3.05) is 0 Å². The van der Waals surface area contributed by atoms with Gasteiger partial charge < -0.3 is 14.8 Å². The van der Waals surface area contributed by atoms with Crippen LogP contribution in [0.3, 0.4) is 0 Å². The topological polar surface area (TPSA) is 122 Å². The number of carboxylic acid groups (broad SMARTS) is 2. The average Bonchev–Trinajstić information content (AvgIpc) is 3.05. The van der Waals surface area contributed by atoms with Crippen LogP contribution in [0, 0.1) is 5.92 Å². The molecule has 10 heteroatoms. The molecule has 29 heavy (non-hydrogen) atoms. The number of benzene rings is 1. The van der Waals surface area contributed by atoms with Gasteiger partial charge in [-0.25, -0.2) is 22.9 Å². The van der Waals surface area contributed by atoms with Crippen molar-refractivity contribution in [2.45, 2.75) is 23.1 Å². The first-order valence-corrected chi connectivity index (χ1v) is 11.1. The number of rotatable bonds is 5. The molecule has 0 bridgehead atoms. The third-order valence-corrected chi connectivity index (χ3v) is 7.72. The Morgan fingerprint density at radius 1 is 1.17 bits per heavy atom. The largest absolute Gasteiger partial charge is 0.503 e. The Hall–Kier alpha value is -2.69. The van der Waals surface area contributed by atoms with Crippen molar-refractivity contribution in [3.63, 3.8) is 0 Å². The van der Waals surface area contributed by atoms with Crippen LogP contribution >= 0.6 is 11.3 Å². The second kappa shape index (κ2) is 8.36. The van der Waals surface area contributed by atoms with Crippen molar-refractivity contribution < 1.29 is 23.4 Å². The lowest BCUT2D eigenvalue weighted by Gasteiger charge is -2.04. The van der Waals surface area contributed by atoms with E-state index in [1.165, 1.54) is 16.9 Å². The first kappa shape index (κ1) is 21.0. The van der Waals surface area contributed by atoms with Crippen LogP contribution in [0.1, 0.15) is 18.4 Å². The average molecular weight is 436 g/mol. The molecule has 2 aromatic heterocycles. The number of hydrogen-bond donors (Lipinski definition) is 3. The van der Waals surface area contributed by atoms with Crippen LogP contribution in [-0.2, 0) is 17.1 Å². The molecule has 0 saturated heterocycles. The van der Waals surface area contributed by atoms with Gasteiger partial charge >= 0.3 is 6.16 Å². The lowest BCUT2D eigenvalue weighted by atomic mass is 10.1. The fraction of sp³-hybridized carbons (Fsp3) is 0.263. The molecule has 3 aromatic rings. The molecular formula is C19H21N3O5S2. The van der Waals surface area contributed by atoms with Crippen LogP contribution in [0.25, 0.3) is 10.6 Å². The third kappa shape index (κ3) is 5.03. The highest BCUT2D eigenvalue weighted by Gasteiger charge is 2.49. The van der Waals surface area contributed by atoms with E-state index in [0.717, 1.165) is 10.6 Å². The lowest BCUT2D eigenvalue weighted by Crippen LogP contribution is -2.27. The monoisotopic (exact) mass is 435 g/mol. The van der Waals surface area contributed by atoms with Crippen molar-refractivity contribution in [1.82, 2.24) is 14.3 Å². The van der Waals surface area contributed by atoms with Crippen molar-refractivity contribution in [3.8, 4) is 10.6 Å². The zero-order chi connectivity index (χ0) is 21.2. The summed E-state index contributed by atoms with van der Waals surface area (Å²) in [6.45, 7) is 2.08. The molecule has 0 unspecified atom stereocenters. The van der Waals surface area contributed by atoms with Gasteiger partial charge in [0.05, 0.1) is 16.9 Å². The molecule has 0 spiro atoms. The van der Waals surface area contributed by atoms with E-state index in [0.29, 0.717) is 10.1 Å². The van der Waals surface area contributed by atoms with Crippen LogP contribution < -0.4 is 4.72 Å². The second-order valence-corrected chi connectivity index (χ2v) is 9.79. The standard InChI is InChI=1S/C18H19N3O2S2.CH2O3/c1-12-17(13-6-4-3-5-7-13)18(12)20-25(22,23)16-9-8-15(24-16)14-10-21(2)11-19-14;2-1(3)4/h3-12,17-18,20H,1-2H3;(H2,2,3,4)/t12-,17-,18+;/m1./s1. The van der Waals surface area contributed by atoms with E-state index in [1.807, 2.05) is 42.1 Å². The molecule has 8 nitrogen and oxygen atoms in total. The highest BCUT2D eigenvalue weighted by Crippen LogP contribution is 2.48. The molecule has 3 N–H and O–H groups in total. The summed E-state index contributed by atoms with van der Waals surface area (Å²) in [4.78, 5) is 13.7. The van der Waals surface area contributed by atoms with Gasteiger partial charge in [0.1, 0.15) is 4.21 Å². The van der Waals surface area contributed by atoms with Gasteiger partial charge in [0.25, 0.3) is 0 Å². The Kier molecular flexibility index (Phi) is 6.06. The van der Waals surface area contributed by atoms with Gasteiger partial charge in [-0.05, 0) is 23.6 Å². The number of sulfonamides is 1. The predicted molar refractivity (Wildman–Crippen MR) is 110 cm³/mol. The van der Waals surface area contributed by atoms with Crippen LogP contribution in [-0.4, -0.2) is 40.4 Å². The number of nitrogens with one attached hydrogen (secondary N) is 1. The lowest BCUT2D eigenvalue weighted by molar-refractivity contribution is 0.137. The Bertz CT molecular complexity index is 1090. The molecule has 154 valence electrons. The van der Waals surface area contributed by atoms with Gasteiger partial charge in [-0.15, -0.1) is 11.3 Å². The Labute approximate surface area is 172 Å². The molecule has 0 amide bonds. The van der Waals surface area contributed by atoms with Crippen molar-refractivity contribution in [1.29, 1.82) is 0 Å². The molecule has 1 aromatic carbocycles. The maximum Gasteiger partial charge on any atom is 0.503 e. The summed E-state index contributed by atoms with van der Waals surface area (Å²) in [6.07, 6.45) is 1.75. The van der Waals surface area contributed by atoms with Crippen LogP contribution in [0.5, 0.6) is 0 Å². The molecule has 2 heterocycles. The molecular weight excluding hydrogens is 414 g/mol. The Balaban J connectivity index is 0.000000552. The summed E-state index contributed by atoms with van der Waals surface area (Å²) in [5.74, 6) is 0.540. The van der Waals surface area contributed by atoms with Gasteiger partial charge in [-0.3, -0.25) is 0 Å². The zero-order valence-corrected chi connectivity index (χ0v) is 17.4. The number of hydrogen-bond acceptors (Lipinski definition) is 5. The number of thiophene rings is 1. The third-order valence-electron chi connectivity index (χ3n) is 4.66. The van der Waals surface area contributed by atoms with Crippen LogP contribution in [0.2, 0.25) is 0 Å². The molecule has 1 aliphatic carbocycles. The van der Waals surface area contributed by atoms with E-state index < -0.39 is 16.2 Å². The fourth-order valence-electron chi connectivity index (χ4n) is 3.21. The maximum atomic E-state index is 12.7. The summed E-state index contributed by atoms with van der Waals surface area (Å²) in [6, 6.07) is 13.5. The summed E-state index contributed by atoms with van der Waals surface area (Å²) in [5, 5.41) is 13.9. The highest BCUT2D eigenvalue weighted by atomic mass is 32.2. The fourth-order valence-corrected chi connectivity index (χ4v) is 5.84. The van der Waals surface area contributed by atoms with E-state index in [2.05, 4.69) is 28.8 Å². The molecule has 1 aliphatic rings. The van der Waals surface area contributed by atoms with Crippen molar-refractivity contribution in [2.24, 2.45) is 13.0 Å². The van der Waals surface area contributed by atoms with Crippen molar-refractivity contribution in [3.05, 3.63) is 60.6 Å². The smallest absolute Gasteiger partial charge is 0.450 e. The molecule has 3 atom stereocenters. The SMILES string of the molecule is C[C@H]1[C@H](NS(=O)(=O)c2ccc(-c3cn(C)cn3)s2)[C@H]1c1ccccc1.O=C(O)O. The Morgan fingerprint density at radius 2 is 1.83 bits per heavy atom. The van der Waals surface area contributed by atoms with Crippen LogP contribution in [0.4, 0.5) is 4.79 Å². The summed E-state index contributed by atoms with van der Waals surface area (Å²) in [7, 11) is -1.63. The van der Waals surface area contributed by atoms with Gasteiger partial charge in [0, 0.05) is 25.2 Å². The maximum absolute atomic E-state index is 12.7. The first-order valence-electron chi connectivity index (χ1n) is 8.76. The van der Waals surface area contributed by atoms with E-state index in [-0.39, 0.29) is 12.0 Å². The van der Waals surface area contributed by atoms with E-state index >= 15 is 0 Å². The van der Waals surface area contributed by atoms with Crippen molar-refractivity contribution >= 4 is 27.5 Å². The summed E-state index contributed by atoms with van der Waals surface area (Å²) < 4.78 is 30.5. The minimum Gasteiger partial charge on any atom is -0.450 e. The van der Waals surface area contributed by atoms with Gasteiger partial charge in [-0.1, -0.05) is 37.3 Å². The summed E-state index contributed by atoms with van der Waals surface area (Å²) >= 11 is 1.25.